The SMILES string of the molecule is CN(C)CCN(CC1CCCO1)C(=O)c1ccc(-c2ncccn2)cc1. The third-order valence-electron chi connectivity index (χ3n) is 4.51. The Hall–Kier alpha value is -2.31. The van der Waals surface area contributed by atoms with Crippen molar-refractivity contribution in [3.63, 3.8) is 0 Å². The second kappa shape index (κ2) is 8.87. The van der Waals surface area contributed by atoms with Gasteiger partial charge in [0.05, 0.1) is 6.10 Å². The molecule has 6 heteroatoms. The molecule has 1 aromatic carbocycles. The Morgan fingerprint density at radius 3 is 2.50 bits per heavy atom. The second-order valence-corrected chi connectivity index (χ2v) is 6.84. The molecule has 1 aliphatic rings. The van der Waals surface area contributed by atoms with E-state index in [-0.39, 0.29) is 12.0 Å². The summed E-state index contributed by atoms with van der Waals surface area (Å²) in [5, 5.41) is 0. The van der Waals surface area contributed by atoms with E-state index < -0.39 is 0 Å². The maximum absolute atomic E-state index is 13.0. The average molecular weight is 354 g/mol. The minimum Gasteiger partial charge on any atom is -0.376 e. The fourth-order valence-corrected chi connectivity index (χ4v) is 3.02. The van der Waals surface area contributed by atoms with E-state index in [0.717, 1.165) is 31.6 Å². The monoisotopic (exact) mass is 354 g/mol. The van der Waals surface area contributed by atoms with Gasteiger partial charge in [0, 0.05) is 49.8 Å². The van der Waals surface area contributed by atoms with E-state index in [1.807, 2.05) is 43.3 Å². The lowest BCUT2D eigenvalue weighted by Gasteiger charge is -2.27. The van der Waals surface area contributed by atoms with Crippen LogP contribution < -0.4 is 0 Å². The van der Waals surface area contributed by atoms with E-state index in [9.17, 15) is 4.79 Å². The van der Waals surface area contributed by atoms with Crippen LogP contribution in [0.25, 0.3) is 11.4 Å². The number of nitrogens with zero attached hydrogens (tertiary/aromatic N) is 4. The molecule has 1 atom stereocenters. The summed E-state index contributed by atoms with van der Waals surface area (Å²) in [6.07, 6.45) is 5.68. The Morgan fingerprint density at radius 1 is 1.15 bits per heavy atom. The summed E-state index contributed by atoms with van der Waals surface area (Å²) in [5.41, 5.74) is 1.59. The van der Waals surface area contributed by atoms with Gasteiger partial charge in [-0.1, -0.05) is 12.1 Å². The summed E-state index contributed by atoms with van der Waals surface area (Å²) in [5.74, 6) is 0.707. The van der Waals surface area contributed by atoms with Crippen molar-refractivity contribution in [3.05, 3.63) is 48.3 Å². The van der Waals surface area contributed by atoms with Crippen molar-refractivity contribution in [2.45, 2.75) is 18.9 Å². The van der Waals surface area contributed by atoms with E-state index in [1.165, 1.54) is 0 Å². The molecule has 0 bridgehead atoms. The second-order valence-electron chi connectivity index (χ2n) is 6.84. The lowest BCUT2D eigenvalue weighted by Crippen LogP contribution is -2.41. The van der Waals surface area contributed by atoms with Crippen LogP contribution in [0.2, 0.25) is 0 Å². The van der Waals surface area contributed by atoms with Gasteiger partial charge in [-0.2, -0.15) is 0 Å². The van der Waals surface area contributed by atoms with Gasteiger partial charge in [-0.05, 0) is 45.1 Å². The van der Waals surface area contributed by atoms with Crippen molar-refractivity contribution in [1.29, 1.82) is 0 Å². The number of carbonyl (C=O) groups is 1. The normalized spacial score (nSPS) is 16.8. The molecule has 0 aliphatic carbocycles. The molecule has 2 heterocycles. The summed E-state index contributed by atoms with van der Waals surface area (Å²) < 4.78 is 5.73. The summed E-state index contributed by atoms with van der Waals surface area (Å²) in [7, 11) is 4.03. The number of likely N-dealkylation sites (N-methyl/N-ethyl adjacent to an activating group) is 1. The van der Waals surface area contributed by atoms with Crippen LogP contribution in [0.5, 0.6) is 0 Å². The molecule has 1 saturated heterocycles. The molecule has 6 nitrogen and oxygen atoms in total. The number of amides is 1. The standard InChI is InChI=1S/C20H26N4O2/c1-23(2)12-13-24(15-18-5-3-14-26-18)20(25)17-8-6-16(7-9-17)19-21-10-4-11-22-19/h4,6-11,18H,3,5,12-15H2,1-2H3. The van der Waals surface area contributed by atoms with E-state index in [1.54, 1.807) is 18.5 Å². The molecule has 1 aliphatic heterocycles. The minimum absolute atomic E-state index is 0.0443. The molecule has 0 saturated carbocycles. The first-order valence-corrected chi connectivity index (χ1v) is 9.06. The highest BCUT2D eigenvalue weighted by molar-refractivity contribution is 5.94. The first-order valence-electron chi connectivity index (χ1n) is 9.06. The number of aromatic nitrogens is 2. The Bertz CT molecular complexity index is 698. The van der Waals surface area contributed by atoms with E-state index in [4.69, 9.17) is 4.74 Å². The highest BCUT2D eigenvalue weighted by atomic mass is 16.5. The number of ether oxygens (including phenoxy) is 1. The molecule has 26 heavy (non-hydrogen) atoms. The summed E-state index contributed by atoms with van der Waals surface area (Å²) in [6.45, 7) is 2.96. The van der Waals surface area contributed by atoms with Gasteiger partial charge < -0.3 is 14.5 Å². The average Bonchev–Trinajstić information content (AvgIpc) is 3.18. The zero-order chi connectivity index (χ0) is 18.4. The number of hydrogen-bond donors (Lipinski definition) is 0. The largest absolute Gasteiger partial charge is 0.376 e. The van der Waals surface area contributed by atoms with Crippen molar-refractivity contribution in [2.75, 3.05) is 40.3 Å². The van der Waals surface area contributed by atoms with Crippen LogP contribution in [-0.4, -0.2) is 72.1 Å². The van der Waals surface area contributed by atoms with Gasteiger partial charge in [0.25, 0.3) is 5.91 Å². The maximum Gasteiger partial charge on any atom is 0.253 e. The van der Waals surface area contributed by atoms with Gasteiger partial charge in [0.1, 0.15) is 0 Å². The smallest absolute Gasteiger partial charge is 0.253 e. The predicted molar refractivity (Wildman–Crippen MR) is 101 cm³/mol. The van der Waals surface area contributed by atoms with Crippen LogP contribution in [0.4, 0.5) is 0 Å². The number of carbonyl (C=O) groups excluding carboxylic acids is 1. The van der Waals surface area contributed by atoms with Crippen LogP contribution in [0, 0.1) is 0 Å². The Kier molecular flexibility index (Phi) is 6.30. The van der Waals surface area contributed by atoms with Gasteiger partial charge in [-0.15, -0.1) is 0 Å². The van der Waals surface area contributed by atoms with Gasteiger partial charge in [-0.3, -0.25) is 4.79 Å². The summed E-state index contributed by atoms with van der Waals surface area (Å²) >= 11 is 0. The first kappa shape index (κ1) is 18.5. The maximum atomic E-state index is 13.0. The molecule has 1 unspecified atom stereocenters. The number of rotatable bonds is 7. The van der Waals surface area contributed by atoms with Crippen molar-refractivity contribution < 1.29 is 9.53 Å². The van der Waals surface area contributed by atoms with Crippen molar-refractivity contribution in [1.82, 2.24) is 19.8 Å². The van der Waals surface area contributed by atoms with Crippen LogP contribution >= 0.6 is 0 Å². The molecule has 1 aromatic heterocycles. The van der Waals surface area contributed by atoms with Gasteiger partial charge in [0.15, 0.2) is 5.82 Å². The van der Waals surface area contributed by atoms with Crippen molar-refractivity contribution in [2.24, 2.45) is 0 Å². The Labute approximate surface area is 154 Å². The zero-order valence-electron chi connectivity index (χ0n) is 15.5. The predicted octanol–water partition coefficient (Wildman–Crippen LogP) is 2.33. The fourth-order valence-electron chi connectivity index (χ4n) is 3.02. The van der Waals surface area contributed by atoms with E-state index in [0.29, 0.717) is 24.5 Å². The van der Waals surface area contributed by atoms with Crippen LogP contribution in [0.15, 0.2) is 42.7 Å². The molecule has 0 N–H and O–H groups in total. The highest BCUT2D eigenvalue weighted by Crippen LogP contribution is 2.18. The summed E-state index contributed by atoms with van der Waals surface area (Å²) in [6, 6.07) is 9.30. The topological polar surface area (TPSA) is 58.6 Å². The highest BCUT2D eigenvalue weighted by Gasteiger charge is 2.23. The van der Waals surface area contributed by atoms with Crippen molar-refractivity contribution in [3.8, 4) is 11.4 Å². The van der Waals surface area contributed by atoms with Gasteiger partial charge in [-0.25, -0.2) is 9.97 Å². The molecule has 1 amide bonds. The molecular formula is C20H26N4O2. The molecule has 138 valence electrons. The molecule has 1 fully saturated rings. The number of hydrogen-bond acceptors (Lipinski definition) is 5. The van der Waals surface area contributed by atoms with Crippen LogP contribution in [-0.2, 0) is 4.74 Å². The van der Waals surface area contributed by atoms with Crippen molar-refractivity contribution >= 4 is 5.91 Å². The summed E-state index contributed by atoms with van der Waals surface area (Å²) in [4.78, 5) is 25.5. The quantitative estimate of drug-likeness (QED) is 0.764. The van der Waals surface area contributed by atoms with E-state index >= 15 is 0 Å². The first-order chi connectivity index (χ1) is 12.6. The molecule has 0 spiro atoms. The fraction of sp³-hybridized carbons (Fsp3) is 0.450. The Balaban J connectivity index is 1.72. The Morgan fingerprint density at radius 2 is 1.88 bits per heavy atom. The third-order valence-corrected chi connectivity index (χ3v) is 4.51. The molecule has 0 radical (unpaired) electrons. The zero-order valence-corrected chi connectivity index (χ0v) is 15.5. The number of benzene rings is 1. The van der Waals surface area contributed by atoms with E-state index in [2.05, 4.69) is 14.9 Å². The molecule has 3 rings (SSSR count). The van der Waals surface area contributed by atoms with Gasteiger partial charge >= 0.3 is 0 Å². The van der Waals surface area contributed by atoms with Gasteiger partial charge in [0.2, 0.25) is 0 Å². The minimum atomic E-state index is 0.0443. The van der Waals surface area contributed by atoms with Crippen LogP contribution in [0.1, 0.15) is 23.2 Å². The molecular weight excluding hydrogens is 328 g/mol. The van der Waals surface area contributed by atoms with Crippen LogP contribution in [0.3, 0.4) is 0 Å². The lowest BCUT2D eigenvalue weighted by atomic mass is 10.1. The molecule has 2 aromatic rings. The third kappa shape index (κ3) is 4.86. The lowest BCUT2D eigenvalue weighted by molar-refractivity contribution is 0.0512.